The Morgan fingerprint density at radius 3 is 2.54 bits per heavy atom. The molecule has 0 aliphatic carbocycles. The smallest absolute Gasteiger partial charge is 0.140 e. The molecular weight excluding hydrogens is 321 g/mol. The summed E-state index contributed by atoms with van der Waals surface area (Å²) in [6, 6.07) is 15.8. The third-order valence-corrected chi connectivity index (χ3v) is 5.34. The van der Waals surface area contributed by atoms with Crippen LogP contribution in [0.5, 0.6) is 5.75 Å². The van der Waals surface area contributed by atoms with E-state index in [-0.39, 0.29) is 5.82 Å². The van der Waals surface area contributed by atoms with Gasteiger partial charge in [-0.2, -0.15) is 0 Å². The van der Waals surface area contributed by atoms with E-state index in [0.29, 0.717) is 23.2 Å². The molecule has 0 radical (unpaired) electrons. The molecule has 0 spiro atoms. The van der Waals surface area contributed by atoms with Gasteiger partial charge in [-0.15, -0.1) is 11.8 Å². The van der Waals surface area contributed by atoms with Gasteiger partial charge in [0.1, 0.15) is 11.6 Å². The summed E-state index contributed by atoms with van der Waals surface area (Å²) in [6.07, 6.45) is 4.15. The van der Waals surface area contributed by atoms with Crippen LogP contribution < -0.4 is 4.74 Å². The lowest BCUT2D eigenvalue weighted by Gasteiger charge is -2.31. The Labute approximate surface area is 148 Å². The van der Waals surface area contributed by atoms with E-state index >= 15 is 0 Å². The quantitative estimate of drug-likeness (QED) is 0.695. The zero-order chi connectivity index (χ0) is 16.8. The summed E-state index contributed by atoms with van der Waals surface area (Å²) in [4.78, 5) is 3.16. The summed E-state index contributed by atoms with van der Waals surface area (Å²) in [6.45, 7) is 3.90. The molecule has 0 N–H and O–H groups in total. The molecule has 0 amide bonds. The van der Waals surface area contributed by atoms with Crippen LogP contribution in [0.2, 0.25) is 0 Å². The monoisotopic (exact) mass is 345 g/mol. The van der Waals surface area contributed by atoms with E-state index in [1.54, 1.807) is 6.07 Å². The van der Waals surface area contributed by atoms with Gasteiger partial charge in [0.25, 0.3) is 0 Å². The van der Waals surface area contributed by atoms with Crippen molar-refractivity contribution in [3.63, 3.8) is 0 Å². The minimum Gasteiger partial charge on any atom is -0.493 e. The Bertz CT molecular complexity index is 641. The lowest BCUT2D eigenvalue weighted by molar-refractivity contribution is 0.136. The zero-order valence-corrected chi connectivity index (χ0v) is 14.9. The van der Waals surface area contributed by atoms with Gasteiger partial charge >= 0.3 is 0 Å². The van der Waals surface area contributed by atoms with Crippen LogP contribution in [0.25, 0.3) is 0 Å². The molecule has 1 saturated heterocycles. The number of piperidine rings is 1. The van der Waals surface area contributed by atoms with Crippen molar-refractivity contribution in [1.82, 2.24) is 4.90 Å². The molecule has 2 aromatic carbocycles. The number of hydrogen-bond acceptors (Lipinski definition) is 3. The van der Waals surface area contributed by atoms with Gasteiger partial charge in [0, 0.05) is 17.5 Å². The fraction of sp³-hybridized carbons (Fsp3) is 0.400. The molecule has 3 rings (SSSR count). The maximum absolute atomic E-state index is 13.8. The Hall–Kier alpha value is -1.52. The predicted molar refractivity (Wildman–Crippen MR) is 98.1 cm³/mol. The standard InChI is InChI=1S/C20H24FNOS/c1-24-20-8-7-18(13-19(20)21)23-15-17-9-11-22(12-10-17)14-16-5-3-2-4-6-16/h2-8,13,17H,9-12,14-15H2,1H3. The van der Waals surface area contributed by atoms with E-state index in [1.807, 2.05) is 12.3 Å². The van der Waals surface area contributed by atoms with Crippen LogP contribution in [0.15, 0.2) is 53.4 Å². The molecule has 0 saturated carbocycles. The van der Waals surface area contributed by atoms with E-state index in [4.69, 9.17) is 4.74 Å². The highest BCUT2D eigenvalue weighted by Gasteiger charge is 2.20. The van der Waals surface area contributed by atoms with Gasteiger partial charge < -0.3 is 4.74 Å². The number of nitrogens with zero attached hydrogens (tertiary/aromatic N) is 1. The predicted octanol–water partition coefficient (Wildman–Crippen LogP) is 4.84. The molecule has 1 heterocycles. The third-order valence-electron chi connectivity index (χ3n) is 4.57. The van der Waals surface area contributed by atoms with Crippen LogP contribution >= 0.6 is 11.8 Å². The van der Waals surface area contributed by atoms with Gasteiger partial charge in [-0.25, -0.2) is 4.39 Å². The van der Waals surface area contributed by atoms with Crippen molar-refractivity contribution in [1.29, 1.82) is 0 Å². The molecule has 2 aromatic rings. The molecule has 128 valence electrons. The fourth-order valence-electron chi connectivity index (χ4n) is 3.10. The second-order valence-corrected chi connectivity index (χ2v) is 7.16. The molecule has 0 aromatic heterocycles. The Morgan fingerprint density at radius 2 is 1.88 bits per heavy atom. The lowest BCUT2D eigenvalue weighted by Crippen LogP contribution is -2.35. The topological polar surface area (TPSA) is 12.5 Å². The highest BCUT2D eigenvalue weighted by Crippen LogP contribution is 2.25. The normalized spacial score (nSPS) is 16.2. The van der Waals surface area contributed by atoms with E-state index in [0.717, 1.165) is 32.5 Å². The van der Waals surface area contributed by atoms with Gasteiger partial charge in [-0.3, -0.25) is 4.90 Å². The molecule has 1 aliphatic rings. The molecule has 0 atom stereocenters. The molecule has 24 heavy (non-hydrogen) atoms. The first-order chi connectivity index (χ1) is 11.7. The van der Waals surface area contributed by atoms with Crippen LogP contribution in [0, 0.1) is 11.7 Å². The SMILES string of the molecule is CSc1ccc(OCC2CCN(Cc3ccccc3)CC2)cc1F. The second-order valence-electron chi connectivity index (χ2n) is 6.31. The molecule has 4 heteroatoms. The first kappa shape index (κ1) is 17.3. The fourth-order valence-corrected chi connectivity index (χ4v) is 3.56. The maximum atomic E-state index is 13.8. The number of halogens is 1. The molecule has 2 nitrogen and oxygen atoms in total. The van der Waals surface area contributed by atoms with E-state index in [9.17, 15) is 4.39 Å². The first-order valence-corrected chi connectivity index (χ1v) is 9.69. The van der Waals surface area contributed by atoms with Crippen LogP contribution in [0.1, 0.15) is 18.4 Å². The average molecular weight is 345 g/mol. The van der Waals surface area contributed by atoms with Gasteiger partial charge in [-0.1, -0.05) is 30.3 Å². The van der Waals surface area contributed by atoms with Gasteiger partial charge in [0.2, 0.25) is 0 Å². The lowest BCUT2D eigenvalue weighted by atomic mass is 9.97. The van der Waals surface area contributed by atoms with Crippen molar-refractivity contribution in [3.8, 4) is 5.75 Å². The van der Waals surface area contributed by atoms with Crippen molar-refractivity contribution in [2.45, 2.75) is 24.3 Å². The highest BCUT2D eigenvalue weighted by molar-refractivity contribution is 7.98. The number of rotatable bonds is 6. The molecule has 1 fully saturated rings. The number of ether oxygens (including phenoxy) is 1. The summed E-state index contributed by atoms with van der Waals surface area (Å²) in [5.41, 5.74) is 1.37. The van der Waals surface area contributed by atoms with E-state index < -0.39 is 0 Å². The second kappa shape index (κ2) is 8.54. The molecule has 1 aliphatic heterocycles. The number of thioether (sulfide) groups is 1. The minimum absolute atomic E-state index is 0.197. The maximum Gasteiger partial charge on any atom is 0.140 e. The van der Waals surface area contributed by atoms with Crippen molar-refractivity contribution in [3.05, 3.63) is 59.9 Å². The average Bonchev–Trinajstić information content (AvgIpc) is 2.62. The first-order valence-electron chi connectivity index (χ1n) is 8.47. The van der Waals surface area contributed by atoms with Crippen LogP contribution in [-0.2, 0) is 6.54 Å². The number of hydrogen-bond donors (Lipinski definition) is 0. The highest BCUT2D eigenvalue weighted by atomic mass is 32.2. The largest absolute Gasteiger partial charge is 0.493 e. The molecule has 0 bridgehead atoms. The Morgan fingerprint density at radius 1 is 1.12 bits per heavy atom. The molecular formula is C20H24FNOS. The Kier molecular flexibility index (Phi) is 6.16. The number of benzene rings is 2. The van der Waals surface area contributed by atoms with Crippen LogP contribution in [0.3, 0.4) is 0 Å². The van der Waals surface area contributed by atoms with Crippen molar-refractivity contribution in [2.24, 2.45) is 5.92 Å². The van der Waals surface area contributed by atoms with Gasteiger partial charge in [0.15, 0.2) is 0 Å². The summed E-state index contributed by atoms with van der Waals surface area (Å²) in [7, 11) is 0. The van der Waals surface area contributed by atoms with Crippen molar-refractivity contribution in [2.75, 3.05) is 26.0 Å². The van der Waals surface area contributed by atoms with E-state index in [1.165, 1.54) is 23.4 Å². The van der Waals surface area contributed by atoms with Crippen LogP contribution in [0.4, 0.5) is 4.39 Å². The van der Waals surface area contributed by atoms with E-state index in [2.05, 4.69) is 35.2 Å². The van der Waals surface area contributed by atoms with Crippen LogP contribution in [-0.4, -0.2) is 30.9 Å². The minimum atomic E-state index is -0.197. The van der Waals surface area contributed by atoms with Gasteiger partial charge in [-0.05, 0) is 55.8 Å². The van der Waals surface area contributed by atoms with Crippen molar-refractivity contribution < 1.29 is 9.13 Å². The summed E-state index contributed by atoms with van der Waals surface area (Å²) < 4.78 is 19.6. The van der Waals surface area contributed by atoms with Crippen molar-refractivity contribution >= 4 is 11.8 Å². The molecule has 0 unspecified atom stereocenters. The third kappa shape index (κ3) is 4.74. The summed E-state index contributed by atoms with van der Waals surface area (Å²) in [5.74, 6) is 0.995. The van der Waals surface area contributed by atoms with Gasteiger partial charge in [0.05, 0.1) is 6.61 Å². The summed E-state index contributed by atoms with van der Waals surface area (Å²) in [5, 5.41) is 0. The number of likely N-dealkylation sites (tertiary alicyclic amines) is 1. The zero-order valence-electron chi connectivity index (χ0n) is 14.1. The Balaban J connectivity index is 1.43. The summed E-state index contributed by atoms with van der Waals surface area (Å²) >= 11 is 1.42.